The summed E-state index contributed by atoms with van der Waals surface area (Å²) in [5, 5.41) is 0. The monoisotopic (exact) mass is 278 g/mol. The van der Waals surface area contributed by atoms with Crippen LogP contribution >= 0.6 is 11.6 Å². The molecule has 0 amide bonds. The molecule has 1 rings (SSSR count). The van der Waals surface area contributed by atoms with Gasteiger partial charge in [0.05, 0.1) is 5.88 Å². The molecule has 1 aromatic heterocycles. The maximum Gasteiger partial charge on any atom is 0.244 e. The van der Waals surface area contributed by atoms with Crippen molar-refractivity contribution >= 4 is 21.6 Å². The lowest BCUT2D eigenvalue weighted by atomic mass is 10.5. The van der Waals surface area contributed by atoms with Crippen LogP contribution in [0.5, 0.6) is 0 Å². The molecule has 0 atom stereocenters. The first-order valence-corrected chi connectivity index (χ1v) is 7.66. The van der Waals surface area contributed by atoms with Crippen molar-refractivity contribution in [3.05, 3.63) is 18.0 Å². The number of nitrogens with zero attached hydrogens (tertiary/aromatic N) is 2. The molecule has 0 N–H and O–H groups in total. The highest BCUT2D eigenvalue weighted by Gasteiger charge is 2.22. The molecule has 6 heteroatoms. The van der Waals surface area contributed by atoms with Crippen molar-refractivity contribution in [2.45, 2.75) is 37.6 Å². The van der Waals surface area contributed by atoms with Gasteiger partial charge >= 0.3 is 0 Å². The lowest BCUT2D eigenvalue weighted by Gasteiger charge is -2.14. The summed E-state index contributed by atoms with van der Waals surface area (Å²) in [5.74, 6) is 0.320. The maximum absolute atomic E-state index is 12.2. The fourth-order valence-electron chi connectivity index (χ4n) is 1.69. The van der Waals surface area contributed by atoms with Crippen LogP contribution in [-0.4, -0.2) is 30.9 Å². The minimum atomic E-state index is -3.37. The van der Waals surface area contributed by atoms with E-state index < -0.39 is 10.0 Å². The largest absolute Gasteiger partial charge is 0.349 e. The second kappa shape index (κ2) is 5.89. The summed E-state index contributed by atoms with van der Waals surface area (Å²) in [7, 11) is -1.77. The van der Waals surface area contributed by atoms with Gasteiger partial charge in [0, 0.05) is 32.0 Å². The van der Waals surface area contributed by atoms with E-state index in [9.17, 15) is 8.42 Å². The third-order valence-corrected chi connectivity index (χ3v) is 4.78. The zero-order valence-corrected chi connectivity index (χ0v) is 12.1. The Morgan fingerprint density at radius 2 is 2.06 bits per heavy atom. The number of halogens is 1. The molecule has 0 saturated carbocycles. The highest BCUT2D eigenvalue weighted by Crippen LogP contribution is 2.19. The smallest absolute Gasteiger partial charge is 0.244 e. The average Bonchev–Trinajstić information content (AvgIpc) is 2.72. The van der Waals surface area contributed by atoms with Crippen molar-refractivity contribution in [3.63, 3.8) is 0 Å². The summed E-state index contributed by atoms with van der Waals surface area (Å²) in [4.78, 5) is 0.325. The van der Waals surface area contributed by atoms with Gasteiger partial charge in [-0.2, -0.15) is 0 Å². The minimum absolute atomic E-state index is 0.320. The number of sulfonamides is 1. The lowest BCUT2D eigenvalue weighted by Crippen LogP contribution is -2.27. The second-order valence-electron chi connectivity index (χ2n) is 3.91. The van der Waals surface area contributed by atoms with Crippen molar-refractivity contribution in [3.8, 4) is 0 Å². The van der Waals surface area contributed by atoms with Gasteiger partial charge in [-0.1, -0.05) is 6.92 Å². The molecule has 0 saturated heterocycles. The molecule has 0 bridgehead atoms. The van der Waals surface area contributed by atoms with E-state index in [1.165, 1.54) is 4.31 Å². The molecule has 0 fully saturated rings. The molecule has 0 unspecified atom stereocenters. The SMILES string of the molecule is CCCN(C)S(=O)(=O)c1cc(CCl)n(CC)c1. The first kappa shape index (κ1) is 14.5. The summed E-state index contributed by atoms with van der Waals surface area (Å²) in [6.45, 7) is 5.15. The van der Waals surface area contributed by atoms with Crippen LogP contribution in [0.3, 0.4) is 0 Å². The number of alkyl halides is 1. The molecule has 0 aliphatic rings. The summed E-state index contributed by atoms with van der Waals surface area (Å²) in [6, 6.07) is 1.65. The summed E-state index contributed by atoms with van der Waals surface area (Å²) < 4.78 is 27.6. The Morgan fingerprint density at radius 1 is 1.41 bits per heavy atom. The van der Waals surface area contributed by atoms with Crippen LogP contribution in [0.25, 0.3) is 0 Å². The van der Waals surface area contributed by atoms with Crippen molar-refractivity contribution < 1.29 is 8.42 Å². The normalized spacial score (nSPS) is 12.3. The maximum atomic E-state index is 12.2. The molecular formula is C11H19ClN2O2S. The Hall–Kier alpha value is -0.520. The predicted octanol–water partition coefficient (Wildman–Crippen LogP) is 2.28. The quantitative estimate of drug-likeness (QED) is 0.749. The van der Waals surface area contributed by atoms with E-state index >= 15 is 0 Å². The topological polar surface area (TPSA) is 42.3 Å². The van der Waals surface area contributed by atoms with Crippen molar-refractivity contribution in [2.24, 2.45) is 0 Å². The Bertz CT molecular complexity index is 446. The average molecular weight is 279 g/mol. The van der Waals surface area contributed by atoms with Crippen LogP contribution in [0.15, 0.2) is 17.2 Å². The van der Waals surface area contributed by atoms with E-state index in [0.717, 1.165) is 18.7 Å². The first-order chi connectivity index (χ1) is 7.97. The Morgan fingerprint density at radius 3 is 2.47 bits per heavy atom. The van der Waals surface area contributed by atoms with Crippen molar-refractivity contribution in [1.82, 2.24) is 8.87 Å². The van der Waals surface area contributed by atoms with Gasteiger partial charge in [0.25, 0.3) is 0 Å². The van der Waals surface area contributed by atoms with Gasteiger partial charge < -0.3 is 4.57 Å². The highest BCUT2D eigenvalue weighted by atomic mass is 35.5. The molecule has 0 spiro atoms. The number of rotatable bonds is 6. The van der Waals surface area contributed by atoms with Gasteiger partial charge in [0.2, 0.25) is 10.0 Å². The highest BCUT2D eigenvalue weighted by molar-refractivity contribution is 7.89. The van der Waals surface area contributed by atoms with E-state index in [2.05, 4.69) is 0 Å². The molecule has 0 aliphatic carbocycles. The van der Waals surface area contributed by atoms with Gasteiger partial charge in [-0.15, -0.1) is 11.6 Å². The third kappa shape index (κ3) is 3.03. The molecule has 17 heavy (non-hydrogen) atoms. The molecule has 98 valence electrons. The molecule has 0 radical (unpaired) electrons. The Kier molecular flexibility index (Phi) is 5.04. The van der Waals surface area contributed by atoms with Crippen molar-refractivity contribution in [1.29, 1.82) is 0 Å². The van der Waals surface area contributed by atoms with E-state index in [-0.39, 0.29) is 0 Å². The number of hydrogen-bond acceptors (Lipinski definition) is 2. The van der Waals surface area contributed by atoms with Crippen LogP contribution in [0.2, 0.25) is 0 Å². The molecule has 0 aliphatic heterocycles. The molecule has 1 heterocycles. The molecule has 0 aromatic carbocycles. The van der Waals surface area contributed by atoms with Crippen LogP contribution in [0, 0.1) is 0 Å². The van der Waals surface area contributed by atoms with Crippen LogP contribution < -0.4 is 0 Å². The van der Waals surface area contributed by atoms with Crippen LogP contribution in [-0.2, 0) is 22.4 Å². The van der Waals surface area contributed by atoms with E-state index in [1.54, 1.807) is 19.3 Å². The van der Waals surface area contributed by atoms with Gasteiger partial charge in [0.15, 0.2) is 0 Å². The number of hydrogen-bond donors (Lipinski definition) is 0. The van der Waals surface area contributed by atoms with Gasteiger partial charge in [-0.25, -0.2) is 12.7 Å². The Balaban J connectivity index is 3.11. The standard InChI is InChI=1S/C11H19ClN2O2S/c1-4-6-13(3)17(15,16)11-7-10(8-12)14(5-2)9-11/h7,9H,4-6,8H2,1-3H3. The number of aromatic nitrogens is 1. The van der Waals surface area contributed by atoms with E-state index in [1.807, 2.05) is 18.4 Å². The van der Waals surface area contributed by atoms with Gasteiger partial charge in [-0.3, -0.25) is 0 Å². The fraction of sp³-hybridized carbons (Fsp3) is 0.636. The zero-order valence-electron chi connectivity index (χ0n) is 10.5. The summed E-state index contributed by atoms with van der Waals surface area (Å²) in [5.41, 5.74) is 0.831. The van der Waals surface area contributed by atoms with E-state index in [4.69, 9.17) is 11.6 Å². The number of aryl methyl sites for hydroxylation is 1. The zero-order chi connectivity index (χ0) is 13.1. The fourth-order valence-corrected chi connectivity index (χ4v) is 3.25. The summed E-state index contributed by atoms with van der Waals surface area (Å²) in [6.07, 6.45) is 2.45. The molecule has 4 nitrogen and oxygen atoms in total. The Labute approximate surface area is 108 Å². The van der Waals surface area contributed by atoms with Crippen molar-refractivity contribution in [2.75, 3.05) is 13.6 Å². The van der Waals surface area contributed by atoms with Crippen LogP contribution in [0.4, 0.5) is 0 Å². The second-order valence-corrected chi connectivity index (χ2v) is 6.23. The molecular weight excluding hydrogens is 260 g/mol. The third-order valence-electron chi connectivity index (χ3n) is 2.69. The molecule has 1 aromatic rings. The van der Waals surface area contributed by atoms with E-state index in [0.29, 0.717) is 17.3 Å². The minimum Gasteiger partial charge on any atom is -0.349 e. The van der Waals surface area contributed by atoms with Gasteiger partial charge in [0.1, 0.15) is 4.90 Å². The lowest BCUT2D eigenvalue weighted by molar-refractivity contribution is 0.468. The summed E-state index contributed by atoms with van der Waals surface area (Å²) >= 11 is 5.79. The van der Waals surface area contributed by atoms with Gasteiger partial charge in [-0.05, 0) is 19.4 Å². The predicted molar refractivity (Wildman–Crippen MR) is 69.8 cm³/mol. The van der Waals surface area contributed by atoms with Crippen LogP contribution in [0.1, 0.15) is 26.0 Å². The first-order valence-electron chi connectivity index (χ1n) is 5.68.